The highest BCUT2D eigenvalue weighted by molar-refractivity contribution is 6.15. The number of ether oxygens (including phenoxy) is 7. The zero-order valence-corrected chi connectivity index (χ0v) is 21.3. The standard InChI is InChI=1S/C28H26O9/c1-15-9-18(36-28(30)16-7-8-19(31-2)21(10-16)33-4)13-24-26(15)27(29)25(37-24)12-17-11-22(34-5)23(35-6)14-20(17)32-3/h7-14H,1-6H3/b25-12-. The minimum Gasteiger partial charge on any atom is -0.496 e. The van der Waals surface area contributed by atoms with E-state index in [1.165, 1.54) is 47.7 Å². The van der Waals surface area contributed by atoms with Gasteiger partial charge in [-0.25, -0.2) is 4.79 Å². The van der Waals surface area contributed by atoms with Gasteiger partial charge in [0, 0.05) is 17.7 Å². The van der Waals surface area contributed by atoms with Gasteiger partial charge in [0.25, 0.3) is 0 Å². The number of hydrogen-bond donors (Lipinski definition) is 0. The summed E-state index contributed by atoms with van der Waals surface area (Å²) in [5, 5.41) is 0. The molecule has 0 aromatic heterocycles. The molecule has 1 heterocycles. The topological polar surface area (TPSA) is 98.8 Å². The lowest BCUT2D eigenvalue weighted by molar-refractivity contribution is 0.0734. The third kappa shape index (κ3) is 4.88. The number of allylic oxidation sites excluding steroid dienone is 1. The number of carbonyl (C=O) groups is 2. The maximum atomic E-state index is 13.2. The van der Waals surface area contributed by atoms with E-state index in [4.69, 9.17) is 33.2 Å². The first-order chi connectivity index (χ1) is 17.8. The van der Waals surface area contributed by atoms with Crippen molar-refractivity contribution in [2.45, 2.75) is 6.92 Å². The summed E-state index contributed by atoms with van der Waals surface area (Å²) in [7, 11) is 7.54. The van der Waals surface area contributed by atoms with Crippen LogP contribution in [0.15, 0.2) is 48.2 Å². The molecule has 3 aromatic carbocycles. The van der Waals surface area contributed by atoms with Crippen LogP contribution in [-0.4, -0.2) is 47.3 Å². The van der Waals surface area contributed by atoms with Crippen molar-refractivity contribution in [3.63, 3.8) is 0 Å². The average Bonchev–Trinajstić information content (AvgIpc) is 3.22. The Bertz CT molecular complexity index is 1410. The van der Waals surface area contributed by atoms with Gasteiger partial charge < -0.3 is 33.2 Å². The maximum Gasteiger partial charge on any atom is 0.343 e. The average molecular weight is 507 g/mol. The molecule has 1 aliphatic heterocycles. The molecule has 0 saturated carbocycles. The van der Waals surface area contributed by atoms with Crippen molar-refractivity contribution < 1.29 is 42.7 Å². The van der Waals surface area contributed by atoms with Gasteiger partial charge in [-0.2, -0.15) is 0 Å². The summed E-state index contributed by atoms with van der Waals surface area (Å²) in [5.74, 6) is 2.02. The molecule has 3 aromatic rings. The Kier molecular flexibility index (Phi) is 7.24. The Hall–Kier alpha value is -4.66. The van der Waals surface area contributed by atoms with E-state index in [1.807, 2.05) is 0 Å². The molecule has 0 radical (unpaired) electrons. The van der Waals surface area contributed by atoms with Crippen LogP contribution in [0.4, 0.5) is 0 Å². The largest absolute Gasteiger partial charge is 0.496 e. The number of aryl methyl sites for hydroxylation is 1. The third-order valence-electron chi connectivity index (χ3n) is 5.80. The third-order valence-corrected chi connectivity index (χ3v) is 5.80. The molecule has 0 bridgehead atoms. The van der Waals surface area contributed by atoms with Crippen molar-refractivity contribution in [3.05, 3.63) is 70.5 Å². The molecule has 4 rings (SSSR count). The van der Waals surface area contributed by atoms with Gasteiger partial charge in [-0.1, -0.05) is 0 Å². The summed E-state index contributed by atoms with van der Waals surface area (Å²) in [4.78, 5) is 25.9. The van der Waals surface area contributed by atoms with Gasteiger partial charge in [0.2, 0.25) is 5.78 Å². The van der Waals surface area contributed by atoms with Crippen molar-refractivity contribution in [2.24, 2.45) is 0 Å². The van der Waals surface area contributed by atoms with Crippen LogP contribution < -0.4 is 33.2 Å². The number of Topliss-reactive ketones (excluding diaryl/α,β-unsaturated/α-hetero) is 1. The van der Waals surface area contributed by atoms with Crippen molar-refractivity contribution in [3.8, 4) is 40.2 Å². The van der Waals surface area contributed by atoms with E-state index in [2.05, 4.69) is 0 Å². The molecule has 0 saturated heterocycles. The molecule has 0 N–H and O–H groups in total. The SMILES string of the molecule is COc1cc(OC)c(OC)cc1/C=C1\Oc2cc(OC(=O)c3ccc(OC)c(OC)c3)cc(C)c2C1=O. The van der Waals surface area contributed by atoms with Crippen LogP contribution in [0.1, 0.15) is 31.8 Å². The number of carbonyl (C=O) groups excluding carboxylic acids is 2. The lowest BCUT2D eigenvalue weighted by Crippen LogP contribution is -2.09. The molecular formula is C28H26O9. The molecule has 0 fully saturated rings. The second-order valence-corrected chi connectivity index (χ2v) is 7.96. The smallest absolute Gasteiger partial charge is 0.343 e. The van der Waals surface area contributed by atoms with Gasteiger partial charge in [-0.15, -0.1) is 0 Å². The van der Waals surface area contributed by atoms with Crippen LogP contribution in [0, 0.1) is 6.92 Å². The van der Waals surface area contributed by atoms with Crippen LogP contribution >= 0.6 is 0 Å². The van der Waals surface area contributed by atoms with Gasteiger partial charge in [0.05, 0.1) is 46.7 Å². The van der Waals surface area contributed by atoms with Gasteiger partial charge in [0.15, 0.2) is 28.8 Å². The fourth-order valence-corrected chi connectivity index (χ4v) is 3.97. The quantitative estimate of drug-likeness (QED) is 0.241. The zero-order chi connectivity index (χ0) is 26.7. The Morgan fingerprint density at radius 1 is 0.757 bits per heavy atom. The molecule has 9 nitrogen and oxygen atoms in total. The van der Waals surface area contributed by atoms with Crippen LogP contribution in [0.25, 0.3) is 6.08 Å². The van der Waals surface area contributed by atoms with Crippen LogP contribution in [-0.2, 0) is 0 Å². The lowest BCUT2D eigenvalue weighted by atomic mass is 10.0. The van der Waals surface area contributed by atoms with E-state index < -0.39 is 5.97 Å². The van der Waals surface area contributed by atoms with Crippen LogP contribution in [0.2, 0.25) is 0 Å². The van der Waals surface area contributed by atoms with Gasteiger partial charge >= 0.3 is 5.97 Å². The molecule has 0 unspecified atom stereocenters. The normalized spacial score (nSPS) is 13.0. The Morgan fingerprint density at radius 3 is 2.03 bits per heavy atom. The highest BCUT2D eigenvalue weighted by Crippen LogP contribution is 2.40. The second-order valence-electron chi connectivity index (χ2n) is 7.96. The van der Waals surface area contributed by atoms with E-state index in [0.717, 1.165) is 0 Å². The Morgan fingerprint density at radius 2 is 1.38 bits per heavy atom. The second kappa shape index (κ2) is 10.5. The fraction of sp³-hybridized carbons (Fsp3) is 0.214. The summed E-state index contributed by atoms with van der Waals surface area (Å²) in [6.45, 7) is 1.74. The number of esters is 1. The summed E-state index contributed by atoms with van der Waals surface area (Å²) in [6, 6.07) is 11.2. The number of benzene rings is 3. The molecule has 0 aliphatic carbocycles. The minimum atomic E-state index is -0.601. The summed E-state index contributed by atoms with van der Waals surface area (Å²) in [5.41, 5.74) is 1.82. The summed E-state index contributed by atoms with van der Waals surface area (Å²) < 4.78 is 38.0. The first-order valence-electron chi connectivity index (χ1n) is 11.2. The molecule has 0 atom stereocenters. The summed E-state index contributed by atoms with van der Waals surface area (Å²) in [6.07, 6.45) is 1.57. The fourth-order valence-electron chi connectivity index (χ4n) is 3.97. The van der Waals surface area contributed by atoms with Gasteiger partial charge in [-0.3, -0.25) is 4.79 Å². The highest BCUT2D eigenvalue weighted by Gasteiger charge is 2.31. The zero-order valence-electron chi connectivity index (χ0n) is 21.3. The van der Waals surface area contributed by atoms with E-state index in [1.54, 1.807) is 43.3 Å². The predicted molar refractivity (Wildman–Crippen MR) is 135 cm³/mol. The van der Waals surface area contributed by atoms with Crippen molar-refractivity contribution in [1.29, 1.82) is 0 Å². The van der Waals surface area contributed by atoms with Crippen LogP contribution in [0.5, 0.6) is 40.2 Å². The maximum absolute atomic E-state index is 13.2. The molecule has 37 heavy (non-hydrogen) atoms. The molecular weight excluding hydrogens is 480 g/mol. The van der Waals surface area contributed by atoms with Gasteiger partial charge in [-0.05, 0) is 48.9 Å². The van der Waals surface area contributed by atoms with Crippen molar-refractivity contribution in [1.82, 2.24) is 0 Å². The molecule has 192 valence electrons. The molecule has 0 amide bonds. The molecule has 0 spiro atoms. The number of rotatable bonds is 8. The van der Waals surface area contributed by atoms with Crippen molar-refractivity contribution in [2.75, 3.05) is 35.5 Å². The van der Waals surface area contributed by atoms with E-state index >= 15 is 0 Å². The lowest BCUT2D eigenvalue weighted by Gasteiger charge is -2.12. The number of fused-ring (bicyclic) bond motifs is 1. The predicted octanol–water partition coefficient (Wildman–Crippen LogP) is 4.87. The number of methoxy groups -OCH3 is 5. The van der Waals surface area contributed by atoms with E-state index in [-0.39, 0.29) is 28.6 Å². The number of ketones is 1. The molecule has 1 aliphatic rings. The summed E-state index contributed by atoms with van der Waals surface area (Å²) >= 11 is 0. The van der Waals surface area contributed by atoms with E-state index in [9.17, 15) is 9.59 Å². The monoisotopic (exact) mass is 506 g/mol. The Labute approximate surface area is 214 Å². The Balaban J connectivity index is 1.63. The molecule has 9 heteroatoms. The first kappa shape index (κ1) is 25.4. The number of hydrogen-bond acceptors (Lipinski definition) is 9. The van der Waals surface area contributed by atoms with E-state index in [0.29, 0.717) is 45.4 Å². The minimum absolute atomic E-state index is 0.0898. The van der Waals surface area contributed by atoms with Gasteiger partial charge in [0.1, 0.15) is 17.2 Å². The highest BCUT2D eigenvalue weighted by atomic mass is 16.5. The van der Waals surface area contributed by atoms with Crippen LogP contribution in [0.3, 0.4) is 0 Å². The van der Waals surface area contributed by atoms with Crippen molar-refractivity contribution >= 4 is 17.8 Å². The first-order valence-corrected chi connectivity index (χ1v) is 11.2.